The van der Waals surface area contributed by atoms with Gasteiger partial charge in [-0.25, -0.2) is 0 Å². The number of likely N-dealkylation sites (N-methyl/N-ethyl adjacent to an activating group) is 1. The van der Waals surface area contributed by atoms with Gasteiger partial charge in [0.25, 0.3) is 0 Å². The van der Waals surface area contributed by atoms with E-state index in [0.717, 1.165) is 25.6 Å². The van der Waals surface area contributed by atoms with Gasteiger partial charge in [-0.3, -0.25) is 4.79 Å². The number of amides is 1. The van der Waals surface area contributed by atoms with Crippen LogP contribution in [0.2, 0.25) is 0 Å². The van der Waals surface area contributed by atoms with Gasteiger partial charge in [-0.2, -0.15) is 0 Å². The van der Waals surface area contributed by atoms with E-state index in [-0.39, 0.29) is 5.91 Å². The van der Waals surface area contributed by atoms with Crippen molar-refractivity contribution in [2.75, 3.05) is 33.7 Å². The molecule has 1 saturated carbocycles. The van der Waals surface area contributed by atoms with E-state index in [1.165, 1.54) is 12.8 Å². The second kappa shape index (κ2) is 4.93. The third-order valence-corrected chi connectivity index (χ3v) is 4.68. The Kier molecular flexibility index (Phi) is 3.78. The highest BCUT2D eigenvalue weighted by atomic mass is 16.2. The van der Waals surface area contributed by atoms with Crippen LogP contribution in [0.3, 0.4) is 0 Å². The second-order valence-electron chi connectivity index (χ2n) is 7.83. The van der Waals surface area contributed by atoms with Crippen LogP contribution in [-0.4, -0.2) is 49.4 Å². The van der Waals surface area contributed by atoms with Crippen molar-refractivity contribution in [3.05, 3.63) is 12.2 Å². The van der Waals surface area contributed by atoms with Crippen molar-refractivity contribution in [1.82, 2.24) is 9.80 Å². The third kappa shape index (κ3) is 3.19. The number of rotatable bonds is 3. The lowest BCUT2D eigenvalue weighted by Crippen LogP contribution is -2.64. The SMILES string of the molecule is CN(C)CC=CC(=O)N1CC2(CC(C(C)(C)C)C2)C1. The fourth-order valence-corrected chi connectivity index (χ4v) is 3.25. The number of hydrogen-bond donors (Lipinski definition) is 0. The Labute approximate surface area is 117 Å². The van der Waals surface area contributed by atoms with Gasteiger partial charge in [0.2, 0.25) is 5.91 Å². The Hall–Kier alpha value is -0.830. The van der Waals surface area contributed by atoms with Gasteiger partial charge in [0.1, 0.15) is 0 Å². The average Bonchev–Trinajstić information content (AvgIpc) is 2.09. The Morgan fingerprint density at radius 2 is 1.89 bits per heavy atom. The second-order valence-corrected chi connectivity index (χ2v) is 7.83. The Morgan fingerprint density at radius 1 is 1.32 bits per heavy atom. The summed E-state index contributed by atoms with van der Waals surface area (Å²) >= 11 is 0. The number of carbonyl (C=O) groups is 1. The maximum atomic E-state index is 11.9. The number of likely N-dealkylation sites (tertiary alicyclic amines) is 1. The van der Waals surface area contributed by atoms with Crippen molar-refractivity contribution in [3.8, 4) is 0 Å². The molecule has 0 aromatic carbocycles. The molecule has 1 amide bonds. The summed E-state index contributed by atoms with van der Waals surface area (Å²) in [4.78, 5) is 16.0. The molecule has 1 aliphatic heterocycles. The minimum Gasteiger partial charge on any atom is -0.338 e. The highest BCUT2D eigenvalue weighted by Gasteiger charge is 2.55. The van der Waals surface area contributed by atoms with Gasteiger partial charge in [-0.05, 0) is 38.3 Å². The molecule has 0 bridgehead atoms. The maximum Gasteiger partial charge on any atom is 0.246 e. The lowest BCUT2D eigenvalue weighted by atomic mass is 9.52. The minimum absolute atomic E-state index is 0.187. The van der Waals surface area contributed by atoms with Crippen LogP contribution in [0.5, 0.6) is 0 Å². The molecule has 3 heteroatoms. The number of nitrogens with zero attached hydrogens (tertiary/aromatic N) is 2. The Bertz CT molecular complexity index is 365. The predicted molar refractivity (Wildman–Crippen MR) is 78.9 cm³/mol. The molecule has 19 heavy (non-hydrogen) atoms. The normalized spacial score (nSPS) is 22.9. The summed E-state index contributed by atoms with van der Waals surface area (Å²) in [5, 5.41) is 0. The van der Waals surface area contributed by atoms with Crippen LogP contribution in [0.4, 0.5) is 0 Å². The lowest BCUT2D eigenvalue weighted by Gasteiger charge is -2.61. The van der Waals surface area contributed by atoms with Gasteiger partial charge in [0, 0.05) is 31.1 Å². The summed E-state index contributed by atoms with van der Waals surface area (Å²) in [7, 11) is 4.02. The first-order valence-corrected chi connectivity index (χ1v) is 7.32. The van der Waals surface area contributed by atoms with Crippen LogP contribution >= 0.6 is 0 Å². The molecule has 2 aliphatic rings. The highest BCUT2D eigenvalue weighted by Crippen LogP contribution is 2.57. The highest BCUT2D eigenvalue weighted by molar-refractivity contribution is 5.88. The van der Waals surface area contributed by atoms with E-state index in [2.05, 4.69) is 25.7 Å². The van der Waals surface area contributed by atoms with Gasteiger partial charge in [-0.15, -0.1) is 0 Å². The molecule has 1 aliphatic carbocycles. The van der Waals surface area contributed by atoms with E-state index in [9.17, 15) is 4.79 Å². The number of hydrogen-bond acceptors (Lipinski definition) is 2. The molecule has 1 heterocycles. The molecular weight excluding hydrogens is 236 g/mol. The molecule has 3 nitrogen and oxygen atoms in total. The summed E-state index contributed by atoms with van der Waals surface area (Å²) in [5.41, 5.74) is 0.907. The molecule has 2 rings (SSSR count). The summed E-state index contributed by atoms with van der Waals surface area (Å²) < 4.78 is 0. The third-order valence-electron chi connectivity index (χ3n) is 4.68. The predicted octanol–water partition coefficient (Wildman–Crippen LogP) is 2.39. The van der Waals surface area contributed by atoms with E-state index in [4.69, 9.17) is 0 Å². The van der Waals surface area contributed by atoms with Crippen molar-refractivity contribution in [2.45, 2.75) is 33.6 Å². The van der Waals surface area contributed by atoms with Crippen LogP contribution < -0.4 is 0 Å². The van der Waals surface area contributed by atoms with Crippen molar-refractivity contribution >= 4 is 5.91 Å². The van der Waals surface area contributed by atoms with Crippen LogP contribution in [0, 0.1) is 16.7 Å². The van der Waals surface area contributed by atoms with Gasteiger partial charge in [-0.1, -0.05) is 26.8 Å². The topological polar surface area (TPSA) is 23.6 Å². The van der Waals surface area contributed by atoms with E-state index in [1.54, 1.807) is 6.08 Å². The molecule has 0 aromatic rings. The molecule has 0 radical (unpaired) electrons. The Balaban J connectivity index is 1.73. The largest absolute Gasteiger partial charge is 0.338 e. The van der Waals surface area contributed by atoms with Crippen molar-refractivity contribution in [1.29, 1.82) is 0 Å². The zero-order valence-corrected chi connectivity index (χ0v) is 13.1. The van der Waals surface area contributed by atoms with Crippen molar-refractivity contribution < 1.29 is 4.79 Å². The molecule has 108 valence electrons. The molecule has 0 N–H and O–H groups in total. The molecule has 1 spiro atoms. The van der Waals surface area contributed by atoms with Crippen LogP contribution in [0.15, 0.2) is 12.2 Å². The van der Waals surface area contributed by atoms with Gasteiger partial charge in [0.15, 0.2) is 0 Å². The van der Waals surface area contributed by atoms with Gasteiger partial charge < -0.3 is 9.80 Å². The van der Waals surface area contributed by atoms with Gasteiger partial charge in [0.05, 0.1) is 0 Å². The zero-order valence-electron chi connectivity index (χ0n) is 13.1. The minimum atomic E-state index is 0.187. The monoisotopic (exact) mass is 264 g/mol. The lowest BCUT2D eigenvalue weighted by molar-refractivity contribution is -0.156. The first-order valence-electron chi connectivity index (χ1n) is 7.32. The smallest absolute Gasteiger partial charge is 0.246 e. The van der Waals surface area contributed by atoms with Crippen molar-refractivity contribution in [2.24, 2.45) is 16.7 Å². The van der Waals surface area contributed by atoms with E-state index in [0.29, 0.717) is 10.8 Å². The van der Waals surface area contributed by atoms with E-state index < -0.39 is 0 Å². The summed E-state index contributed by atoms with van der Waals surface area (Å²) in [6, 6.07) is 0. The molecule has 0 aromatic heterocycles. The molecular formula is C16H28N2O. The first kappa shape index (κ1) is 14.6. The summed E-state index contributed by atoms with van der Waals surface area (Å²) in [5.74, 6) is 1.03. The van der Waals surface area contributed by atoms with E-state index >= 15 is 0 Å². The van der Waals surface area contributed by atoms with Crippen molar-refractivity contribution in [3.63, 3.8) is 0 Å². The molecule has 0 unspecified atom stereocenters. The average molecular weight is 264 g/mol. The zero-order chi connectivity index (χ0) is 14.3. The molecule has 1 saturated heterocycles. The fraction of sp³-hybridized carbons (Fsp3) is 0.812. The van der Waals surface area contributed by atoms with Crippen LogP contribution in [0.1, 0.15) is 33.6 Å². The first-order chi connectivity index (χ1) is 8.72. The van der Waals surface area contributed by atoms with Crippen LogP contribution in [-0.2, 0) is 4.79 Å². The summed E-state index contributed by atoms with van der Waals surface area (Å²) in [6.45, 7) is 9.77. The van der Waals surface area contributed by atoms with E-state index in [1.807, 2.05) is 25.1 Å². The maximum absolute atomic E-state index is 11.9. The number of carbonyl (C=O) groups excluding carboxylic acids is 1. The molecule has 0 atom stereocenters. The Morgan fingerprint density at radius 3 is 2.37 bits per heavy atom. The molecule has 2 fully saturated rings. The fourth-order valence-electron chi connectivity index (χ4n) is 3.25. The van der Waals surface area contributed by atoms with Gasteiger partial charge >= 0.3 is 0 Å². The summed E-state index contributed by atoms with van der Waals surface area (Å²) in [6.07, 6.45) is 6.29. The standard InChI is InChI=1S/C16H28N2O/c1-15(2,3)13-9-16(10-13)11-18(12-16)14(19)7-6-8-17(4)5/h6-7,13H,8-12H2,1-5H3. The quantitative estimate of drug-likeness (QED) is 0.731. The van der Waals surface area contributed by atoms with Crippen LogP contribution in [0.25, 0.3) is 0 Å².